The van der Waals surface area contributed by atoms with E-state index in [1.165, 1.54) is 0 Å². The molecule has 9 heavy (non-hydrogen) atoms. The van der Waals surface area contributed by atoms with E-state index in [1.54, 1.807) is 0 Å². The molecule has 54 valence electrons. The van der Waals surface area contributed by atoms with Crippen molar-refractivity contribution in [2.75, 3.05) is 12.4 Å². The van der Waals surface area contributed by atoms with Gasteiger partial charge in [-0.1, -0.05) is 0 Å². The quantitative estimate of drug-likeness (QED) is 0.445. The summed E-state index contributed by atoms with van der Waals surface area (Å²) in [7, 11) is 0. The fraction of sp³-hybridized carbons (Fsp3) is 1.00. The summed E-state index contributed by atoms with van der Waals surface area (Å²) in [6.45, 7) is 4.50. The lowest BCUT2D eigenvalue weighted by Crippen LogP contribution is -2.21. The van der Waals surface area contributed by atoms with Crippen molar-refractivity contribution in [3.05, 3.63) is 0 Å². The van der Waals surface area contributed by atoms with Crippen LogP contribution in [0.3, 0.4) is 0 Å². The van der Waals surface area contributed by atoms with E-state index in [9.17, 15) is 0 Å². The molecule has 1 aliphatic rings. The topological polar surface area (TPSA) is 18.5 Å². The molecule has 1 aliphatic heterocycles. The van der Waals surface area contributed by atoms with Gasteiger partial charge in [0.15, 0.2) is 5.79 Å². The second-order valence-corrected chi connectivity index (χ2v) is 3.00. The molecule has 0 saturated carbocycles. The van der Waals surface area contributed by atoms with Crippen LogP contribution in [0.2, 0.25) is 0 Å². The minimum Gasteiger partial charge on any atom is -0.348 e. The first kappa shape index (κ1) is 7.38. The molecule has 0 aliphatic carbocycles. The highest BCUT2D eigenvalue weighted by Gasteiger charge is 2.31. The van der Waals surface area contributed by atoms with Crippen LogP contribution >= 0.6 is 12.6 Å². The largest absolute Gasteiger partial charge is 0.348 e. The van der Waals surface area contributed by atoms with Gasteiger partial charge in [0.2, 0.25) is 0 Å². The average Bonchev–Trinajstić information content (AvgIpc) is 2.10. The lowest BCUT2D eigenvalue weighted by molar-refractivity contribution is -0.135. The van der Waals surface area contributed by atoms with Crippen molar-refractivity contribution in [2.45, 2.75) is 25.7 Å². The molecular formula is C6H12O2S. The Bertz CT molecular complexity index is 103. The first-order valence-electron chi connectivity index (χ1n) is 3.07. The summed E-state index contributed by atoms with van der Waals surface area (Å²) in [6.07, 6.45) is 0.184. The fourth-order valence-electron chi connectivity index (χ4n) is 0.853. The zero-order valence-electron chi connectivity index (χ0n) is 5.76. The van der Waals surface area contributed by atoms with Crippen molar-refractivity contribution >= 4 is 12.6 Å². The fourth-order valence-corrected chi connectivity index (χ4v) is 1.03. The Morgan fingerprint density at radius 3 is 2.56 bits per heavy atom. The monoisotopic (exact) mass is 150 g/mol. The number of hydrogen-bond donors (Lipinski definition) is 1. The predicted molar refractivity (Wildman–Crippen MR) is 38.8 cm³/mol. The summed E-state index contributed by atoms with van der Waals surface area (Å²) < 4.78 is 10.7. The van der Waals surface area contributed by atoms with Gasteiger partial charge >= 0.3 is 0 Å². The van der Waals surface area contributed by atoms with Gasteiger partial charge in [0.05, 0.1) is 12.7 Å². The van der Waals surface area contributed by atoms with Crippen LogP contribution in [0.5, 0.6) is 0 Å². The van der Waals surface area contributed by atoms with Crippen molar-refractivity contribution in [1.29, 1.82) is 0 Å². The molecule has 1 fully saturated rings. The van der Waals surface area contributed by atoms with E-state index >= 15 is 0 Å². The zero-order valence-corrected chi connectivity index (χ0v) is 6.65. The summed E-state index contributed by atoms with van der Waals surface area (Å²) in [4.78, 5) is 0. The molecule has 0 amide bonds. The van der Waals surface area contributed by atoms with Crippen LogP contribution in [0.1, 0.15) is 13.8 Å². The molecule has 1 heterocycles. The van der Waals surface area contributed by atoms with Gasteiger partial charge in [0, 0.05) is 5.75 Å². The lowest BCUT2D eigenvalue weighted by atomic mass is 10.4. The molecule has 0 aromatic rings. The molecule has 1 rings (SSSR count). The van der Waals surface area contributed by atoms with Gasteiger partial charge in [-0.25, -0.2) is 0 Å². The minimum atomic E-state index is -0.382. The van der Waals surface area contributed by atoms with Gasteiger partial charge in [-0.05, 0) is 13.8 Å². The molecule has 1 unspecified atom stereocenters. The van der Waals surface area contributed by atoms with Crippen molar-refractivity contribution in [3.63, 3.8) is 0 Å². The Morgan fingerprint density at radius 2 is 2.33 bits per heavy atom. The number of hydrogen-bond acceptors (Lipinski definition) is 3. The number of rotatable bonds is 1. The molecule has 0 spiro atoms. The van der Waals surface area contributed by atoms with E-state index < -0.39 is 0 Å². The van der Waals surface area contributed by atoms with E-state index in [1.807, 2.05) is 13.8 Å². The predicted octanol–water partition coefficient (Wildman–Crippen LogP) is 1.07. The molecule has 0 radical (unpaired) electrons. The van der Waals surface area contributed by atoms with E-state index in [-0.39, 0.29) is 11.9 Å². The zero-order chi connectivity index (χ0) is 6.91. The van der Waals surface area contributed by atoms with Gasteiger partial charge in [-0.2, -0.15) is 12.6 Å². The van der Waals surface area contributed by atoms with Crippen LogP contribution in [0, 0.1) is 0 Å². The third-order valence-corrected chi connectivity index (χ3v) is 1.68. The first-order valence-corrected chi connectivity index (χ1v) is 3.70. The van der Waals surface area contributed by atoms with Gasteiger partial charge in [0.25, 0.3) is 0 Å². The summed E-state index contributed by atoms with van der Waals surface area (Å²) in [5, 5.41) is 0. The summed E-state index contributed by atoms with van der Waals surface area (Å²) in [5.74, 6) is 0.358. The lowest BCUT2D eigenvalue weighted by Gasteiger charge is -2.15. The van der Waals surface area contributed by atoms with Crippen molar-refractivity contribution in [3.8, 4) is 0 Å². The first-order chi connectivity index (χ1) is 4.14. The van der Waals surface area contributed by atoms with Crippen molar-refractivity contribution in [1.82, 2.24) is 0 Å². The highest BCUT2D eigenvalue weighted by molar-refractivity contribution is 7.80. The maximum atomic E-state index is 5.40. The van der Waals surface area contributed by atoms with E-state index in [4.69, 9.17) is 9.47 Å². The molecule has 0 aromatic carbocycles. The van der Waals surface area contributed by atoms with Crippen LogP contribution in [0.15, 0.2) is 0 Å². The molecule has 1 saturated heterocycles. The Kier molecular flexibility index (Phi) is 2.03. The smallest absolute Gasteiger partial charge is 0.163 e. The van der Waals surface area contributed by atoms with E-state index in [0.717, 1.165) is 5.75 Å². The van der Waals surface area contributed by atoms with E-state index in [0.29, 0.717) is 6.61 Å². The maximum absolute atomic E-state index is 5.40. The molecule has 0 aromatic heterocycles. The summed E-state index contributed by atoms with van der Waals surface area (Å²) in [6, 6.07) is 0. The van der Waals surface area contributed by atoms with Crippen LogP contribution < -0.4 is 0 Å². The van der Waals surface area contributed by atoms with Crippen LogP contribution in [-0.4, -0.2) is 24.3 Å². The normalized spacial score (nSPS) is 33.0. The van der Waals surface area contributed by atoms with Gasteiger partial charge in [0.1, 0.15) is 0 Å². The van der Waals surface area contributed by atoms with E-state index in [2.05, 4.69) is 12.6 Å². The van der Waals surface area contributed by atoms with Gasteiger partial charge in [-0.15, -0.1) is 0 Å². The molecule has 0 N–H and O–H groups in total. The Morgan fingerprint density at radius 1 is 1.67 bits per heavy atom. The van der Waals surface area contributed by atoms with Crippen molar-refractivity contribution < 1.29 is 9.47 Å². The standard InChI is InChI=1S/C6H12O2S/c1-6(2)7-3-5(4-9)8-6/h5,9H,3-4H2,1-2H3/i9+2. The third kappa shape index (κ3) is 1.85. The maximum Gasteiger partial charge on any atom is 0.163 e. The Balaban J connectivity index is 2.38. The second kappa shape index (κ2) is 2.48. The Hall–Kier alpha value is 0.270. The summed E-state index contributed by atoms with van der Waals surface area (Å²) >= 11 is 4.09. The summed E-state index contributed by atoms with van der Waals surface area (Å²) in [5.41, 5.74) is 0. The minimum absolute atomic E-state index is 0.184. The van der Waals surface area contributed by atoms with Crippen molar-refractivity contribution in [2.24, 2.45) is 0 Å². The highest BCUT2D eigenvalue weighted by Crippen LogP contribution is 2.22. The SMILES string of the molecule is CC1(C)OCC(C[34SH])O1. The van der Waals surface area contributed by atoms with Crippen LogP contribution in [0.25, 0.3) is 0 Å². The second-order valence-electron chi connectivity index (χ2n) is 2.63. The van der Waals surface area contributed by atoms with Crippen LogP contribution in [-0.2, 0) is 9.47 Å². The highest BCUT2D eigenvalue weighted by atomic mass is 34.0. The molecule has 2 nitrogen and oxygen atoms in total. The van der Waals surface area contributed by atoms with Crippen LogP contribution in [0.4, 0.5) is 0 Å². The number of ether oxygens (including phenoxy) is 2. The average molecular weight is 150 g/mol. The van der Waals surface area contributed by atoms with Gasteiger partial charge in [-0.3, -0.25) is 0 Å². The number of thiol groups is 1. The molecular weight excluding hydrogens is 138 g/mol. The van der Waals surface area contributed by atoms with Gasteiger partial charge < -0.3 is 9.47 Å². The molecule has 0 bridgehead atoms. The molecule has 1 atom stereocenters. The molecule has 3 heteroatoms. The Labute approximate surface area is 60.9 Å². The third-order valence-electron chi connectivity index (χ3n) is 1.27.